The number of amides is 1. The van der Waals surface area contributed by atoms with Crippen LogP contribution in [0.1, 0.15) is 19.4 Å². The van der Waals surface area contributed by atoms with Crippen molar-refractivity contribution in [2.45, 2.75) is 13.8 Å². The van der Waals surface area contributed by atoms with Crippen LogP contribution in [-0.4, -0.2) is 19.1 Å². The standard InChI is InChI=1S/C19H19Cl2NO3/c1-3-24-17-9-8-15(12-18(17)25-4-2)22-19(23)10-6-13-5-7-14(20)11-16(13)21/h5-12H,3-4H2,1-2H3,(H,22,23)/b10-6+. The zero-order chi connectivity index (χ0) is 18.2. The van der Waals surface area contributed by atoms with Crippen LogP contribution in [0.5, 0.6) is 11.5 Å². The molecule has 0 unspecified atom stereocenters. The lowest BCUT2D eigenvalue weighted by Crippen LogP contribution is -2.08. The van der Waals surface area contributed by atoms with Gasteiger partial charge in [0.2, 0.25) is 5.91 Å². The normalized spacial score (nSPS) is 10.7. The molecular weight excluding hydrogens is 361 g/mol. The van der Waals surface area contributed by atoms with E-state index in [2.05, 4.69) is 5.32 Å². The summed E-state index contributed by atoms with van der Waals surface area (Å²) in [5.74, 6) is 0.954. The molecule has 25 heavy (non-hydrogen) atoms. The van der Waals surface area contributed by atoms with Crippen LogP contribution >= 0.6 is 23.2 Å². The predicted molar refractivity (Wildman–Crippen MR) is 103 cm³/mol. The topological polar surface area (TPSA) is 47.6 Å². The monoisotopic (exact) mass is 379 g/mol. The molecular formula is C19H19Cl2NO3. The molecule has 132 valence electrons. The summed E-state index contributed by atoms with van der Waals surface area (Å²) in [6.45, 7) is 4.83. The molecule has 0 aliphatic heterocycles. The van der Waals surface area contributed by atoms with Gasteiger partial charge in [0.05, 0.1) is 13.2 Å². The Morgan fingerprint density at radius 2 is 1.76 bits per heavy atom. The summed E-state index contributed by atoms with van der Waals surface area (Å²) >= 11 is 11.9. The molecule has 2 aromatic carbocycles. The Bertz CT molecular complexity index is 775. The quantitative estimate of drug-likeness (QED) is 0.651. The van der Waals surface area contributed by atoms with Gasteiger partial charge in [-0.05, 0) is 49.8 Å². The number of benzene rings is 2. The van der Waals surface area contributed by atoms with Gasteiger partial charge < -0.3 is 14.8 Å². The number of ether oxygens (including phenoxy) is 2. The lowest BCUT2D eigenvalue weighted by molar-refractivity contribution is -0.111. The van der Waals surface area contributed by atoms with Crippen molar-refractivity contribution in [3.63, 3.8) is 0 Å². The number of halogens is 2. The van der Waals surface area contributed by atoms with Crippen LogP contribution in [0.3, 0.4) is 0 Å². The fourth-order valence-electron chi connectivity index (χ4n) is 2.11. The number of carbonyl (C=O) groups excluding carboxylic acids is 1. The van der Waals surface area contributed by atoms with E-state index in [1.807, 2.05) is 13.8 Å². The van der Waals surface area contributed by atoms with Gasteiger partial charge in [0, 0.05) is 27.9 Å². The Morgan fingerprint density at radius 3 is 2.44 bits per heavy atom. The van der Waals surface area contributed by atoms with Crippen molar-refractivity contribution in [1.82, 2.24) is 0 Å². The van der Waals surface area contributed by atoms with E-state index in [-0.39, 0.29) is 5.91 Å². The van der Waals surface area contributed by atoms with Gasteiger partial charge in [0.1, 0.15) is 0 Å². The molecule has 2 aromatic rings. The molecule has 0 bridgehead atoms. The molecule has 0 atom stereocenters. The van der Waals surface area contributed by atoms with Crippen LogP contribution in [0.15, 0.2) is 42.5 Å². The second-order valence-corrected chi connectivity index (χ2v) is 5.86. The molecule has 0 saturated heterocycles. The van der Waals surface area contributed by atoms with Crippen molar-refractivity contribution in [3.05, 3.63) is 58.1 Å². The molecule has 0 radical (unpaired) electrons. The largest absolute Gasteiger partial charge is 0.490 e. The average Bonchev–Trinajstić information content (AvgIpc) is 2.57. The maximum absolute atomic E-state index is 12.1. The number of hydrogen-bond donors (Lipinski definition) is 1. The Labute approximate surface area is 157 Å². The highest BCUT2D eigenvalue weighted by Gasteiger charge is 2.07. The van der Waals surface area contributed by atoms with Crippen LogP contribution in [0.25, 0.3) is 6.08 Å². The van der Waals surface area contributed by atoms with E-state index in [4.69, 9.17) is 32.7 Å². The van der Waals surface area contributed by atoms with Gasteiger partial charge in [-0.3, -0.25) is 4.79 Å². The van der Waals surface area contributed by atoms with Crippen molar-refractivity contribution in [2.24, 2.45) is 0 Å². The van der Waals surface area contributed by atoms with E-state index in [9.17, 15) is 4.79 Å². The molecule has 0 aliphatic carbocycles. The lowest BCUT2D eigenvalue weighted by atomic mass is 10.2. The number of rotatable bonds is 7. The minimum absolute atomic E-state index is 0.280. The van der Waals surface area contributed by atoms with E-state index >= 15 is 0 Å². The molecule has 4 nitrogen and oxygen atoms in total. The molecule has 1 N–H and O–H groups in total. The molecule has 0 aliphatic rings. The maximum atomic E-state index is 12.1. The predicted octanol–water partition coefficient (Wildman–Crippen LogP) is 5.44. The first-order valence-corrected chi connectivity index (χ1v) is 8.62. The molecule has 6 heteroatoms. The molecule has 2 rings (SSSR count). The van der Waals surface area contributed by atoms with Gasteiger partial charge >= 0.3 is 0 Å². The molecule has 0 aromatic heterocycles. The van der Waals surface area contributed by atoms with Crippen LogP contribution in [0.4, 0.5) is 5.69 Å². The van der Waals surface area contributed by atoms with Crippen LogP contribution in [-0.2, 0) is 4.79 Å². The van der Waals surface area contributed by atoms with Crippen LogP contribution in [0.2, 0.25) is 10.0 Å². The fourth-order valence-corrected chi connectivity index (χ4v) is 2.59. The van der Waals surface area contributed by atoms with Crippen LogP contribution < -0.4 is 14.8 Å². The smallest absolute Gasteiger partial charge is 0.248 e. The van der Waals surface area contributed by atoms with E-state index in [0.29, 0.717) is 46.0 Å². The van der Waals surface area contributed by atoms with E-state index in [1.165, 1.54) is 6.08 Å². The fraction of sp³-hybridized carbons (Fsp3) is 0.211. The Kier molecular flexibility index (Phi) is 7.16. The second kappa shape index (κ2) is 9.35. The third kappa shape index (κ3) is 5.69. The molecule has 0 saturated carbocycles. The van der Waals surface area contributed by atoms with Gasteiger partial charge in [-0.15, -0.1) is 0 Å². The van der Waals surface area contributed by atoms with Gasteiger partial charge in [-0.2, -0.15) is 0 Å². The van der Waals surface area contributed by atoms with Gasteiger partial charge in [-0.25, -0.2) is 0 Å². The molecule has 0 heterocycles. The van der Waals surface area contributed by atoms with Crippen molar-refractivity contribution in [3.8, 4) is 11.5 Å². The third-order valence-corrected chi connectivity index (χ3v) is 3.75. The molecule has 1 amide bonds. The summed E-state index contributed by atoms with van der Waals surface area (Å²) in [4.78, 5) is 12.1. The van der Waals surface area contributed by atoms with E-state index in [0.717, 1.165) is 0 Å². The SMILES string of the molecule is CCOc1ccc(NC(=O)/C=C/c2ccc(Cl)cc2Cl)cc1OCC. The number of carbonyl (C=O) groups is 1. The van der Waals surface area contributed by atoms with Gasteiger partial charge in [-0.1, -0.05) is 29.3 Å². The Balaban J connectivity index is 2.09. The molecule has 0 spiro atoms. The van der Waals surface area contributed by atoms with Crippen molar-refractivity contribution >= 4 is 40.9 Å². The maximum Gasteiger partial charge on any atom is 0.248 e. The minimum Gasteiger partial charge on any atom is -0.490 e. The van der Waals surface area contributed by atoms with E-state index < -0.39 is 0 Å². The van der Waals surface area contributed by atoms with Crippen molar-refractivity contribution < 1.29 is 14.3 Å². The highest BCUT2D eigenvalue weighted by molar-refractivity contribution is 6.35. The summed E-state index contributed by atoms with van der Waals surface area (Å²) in [7, 11) is 0. The average molecular weight is 380 g/mol. The summed E-state index contributed by atoms with van der Waals surface area (Å²) in [5, 5.41) is 3.81. The van der Waals surface area contributed by atoms with Gasteiger partial charge in [0.15, 0.2) is 11.5 Å². The van der Waals surface area contributed by atoms with Crippen molar-refractivity contribution in [1.29, 1.82) is 0 Å². The first-order valence-electron chi connectivity index (χ1n) is 7.87. The number of hydrogen-bond acceptors (Lipinski definition) is 3. The van der Waals surface area contributed by atoms with Crippen LogP contribution in [0, 0.1) is 0 Å². The zero-order valence-corrected chi connectivity index (χ0v) is 15.5. The minimum atomic E-state index is -0.280. The number of nitrogens with one attached hydrogen (secondary N) is 1. The Hall–Kier alpha value is -2.17. The second-order valence-electron chi connectivity index (χ2n) is 5.02. The molecule has 0 fully saturated rings. The highest BCUT2D eigenvalue weighted by atomic mass is 35.5. The first-order chi connectivity index (χ1) is 12.0. The Morgan fingerprint density at radius 1 is 1.04 bits per heavy atom. The lowest BCUT2D eigenvalue weighted by Gasteiger charge is -2.12. The highest BCUT2D eigenvalue weighted by Crippen LogP contribution is 2.30. The summed E-state index contributed by atoms with van der Waals surface area (Å²) < 4.78 is 11.0. The summed E-state index contributed by atoms with van der Waals surface area (Å²) in [5.41, 5.74) is 1.33. The first kappa shape index (κ1) is 19.2. The van der Waals surface area contributed by atoms with Crippen molar-refractivity contribution in [2.75, 3.05) is 18.5 Å². The zero-order valence-electron chi connectivity index (χ0n) is 14.0. The van der Waals surface area contributed by atoms with Gasteiger partial charge in [0.25, 0.3) is 0 Å². The third-order valence-electron chi connectivity index (χ3n) is 3.19. The van der Waals surface area contributed by atoms with E-state index in [1.54, 1.807) is 42.5 Å². The summed E-state index contributed by atoms with van der Waals surface area (Å²) in [6.07, 6.45) is 3.04. The summed E-state index contributed by atoms with van der Waals surface area (Å²) in [6, 6.07) is 10.3. The number of anilines is 1.